The van der Waals surface area contributed by atoms with E-state index < -0.39 is 30.5 Å². The number of aliphatic hydroxyl groups excluding tert-OH is 3. The Morgan fingerprint density at radius 3 is 2.42 bits per heavy atom. The summed E-state index contributed by atoms with van der Waals surface area (Å²) in [7, 11) is 0. The molecule has 0 aromatic heterocycles. The lowest BCUT2D eigenvalue weighted by atomic mass is 9.94. The highest BCUT2D eigenvalue weighted by Crippen LogP contribution is 2.18. The van der Waals surface area contributed by atoms with Gasteiger partial charge in [-0.15, -0.1) is 0 Å². The first kappa shape index (κ1) is 9.88. The molecule has 0 spiro atoms. The molecule has 0 aromatic rings. The lowest BCUT2D eigenvalue weighted by Crippen LogP contribution is -2.61. The standard InChI is InChI=1S/C7H15NO4/c1-3-6(10)5(8)7(11)4(2-9)12-3/h3-7,9-11H,2,8H2,1H3/t3-,4?,5+,6?,7+/m0/s1. The number of nitrogens with two attached hydrogens (primary N) is 1. The molecule has 5 heteroatoms. The van der Waals surface area contributed by atoms with Crippen LogP contribution < -0.4 is 5.73 Å². The fourth-order valence-electron chi connectivity index (χ4n) is 1.35. The summed E-state index contributed by atoms with van der Waals surface area (Å²) in [6, 6.07) is -0.745. The molecule has 12 heavy (non-hydrogen) atoms. The van der Waals surface area contributed by atoms with Crippen LogP contribution in [0, 0.1) is 0 Å². The van der Waals surface area contributed by atoms with Gasteiger partial charge in [0.05, 0.1) is 24.9 Å². The summed E-state index contributed by atoms with van der Waals surface area (Å²) < 4.78 is 5.10. The Bertz CT molecular complexity index is 150. The van der Waals surface area contributed by atoms with Crippen LogP contribution in [0.1, 0.15) is 6.92 Å². The van der Waals surface area contributed by atoms with Crippen molar-refractivity contribution in [2.75, 3.05) is 6.61 Å². The molecule has 1 rings (SSSR count). The number of rotatable bonds is 1. The third-order valence-corrected chi connectivity index (χ3v) is 2.22. The minimum atomic E-state index is -0.999. The fourth-order valence-corrected chi connectivity index (χ4v) is 1.35. The second-order valence-corrected chi connectivity index (χ2v) is 3.12. The summed E-state index contributed by atoms with van der Waals surface area (Å²) in [6.07, 6.45) is -3.00. The van der Waals surface area contributed by atoms with Crippen molar-refractivity contribution in [1.82, 2.24) is 0 Å². The molecule has 5 N–H and O–H groups in total. The van der Waals surface area contributed by atoms with Crippen LogP contribution in [0.2, 0.25) is 0 Å². The predicted octanol–water partition coefficient (Wildman–Crippen LogP) is -2.18. The zero-order valence-electron chi connectivity index (χ0n) is 6.92. The summed E-state index contributed by atoms with van der Waals surface area (Å²) in [4.78, 5) is 0. The Kier molecular flexibility index (Phi) is 3.03. The second-order valence-electron chi connectivity index (χ2n) is 3.12. The lowest BCUT2D eigenvalue weighted by Gasteiger charge is -2.39. The molecule has 0 aliphatic carbocycles. The van der Waals surface area contributed by atoms with Crippen molar-refractivity contribution in [2.45, 2.75) is 37.4 Å². The molecule has 1 heterocycles. The van der Waals surface area contributed by atoms with E-state index in [1.165, 1.54) is 0 Å². The molecule has 1 aliphatic rings. The highest BCUT2D eigenvalue weighted by Gasteiger charge is 2.39. The largest absolute Gasteiger partial charge is 0.394 e. The van der Waals surface area contributed by atoms with E-state index in [0.29, 0.717) is 0 Å². The molecule has 0 aromatic carbocycles. The first-order valence-corrected chi connectivity index (χ1v) is 3.96. The molecule has 1 aliphatic heterocycles. The van der Waals surface area contributed by atoms with Crippen molar-refractivity contribution in [1.29, 1.82) is 0 Å². The Morgan fingerprint density at radius 1 is 1.33 bits per heavy atom. The van der Waals surface area contributed by atoms with Crippen LogP contribution in [0.15, 0.2) is 0 Å². The van der Waals surface area contributed by atoms with E-state index in [4.69, 9.17) is 15.6 Å². The van der Waals surface area contributed by atoms with E-state index in [-0.39, 0.29) is 6.61 Å². The number of hydrogen-bond donors (Lipinski definition) is 4. The van der Waals surface area contributed by atoms with Crippen LogP contribution in [0.4, 0.5) is 0 Å². The van der Waals surface area contributed by atoms with Crippen molar-refractivity contribution in [3.8, 4) is 0 Å². The van der Waals surface area contributed by atoms with Gasteiger partial charge in [0.2, 0.25) is 0 Å². The van der Waals surface area contributed by atoms with Crippen LogP contribution in [-0.2, 0) is 4.74 Å². The Morgan fingerprint density at radius 2 is 1.92 bits per heavy atom. The van der Waals surface area contributed by atoms with Gasteiger partial charge in [0.25, 0.3) is 0 Å². The molecule has 0 bridgehead atoms. The fraction of sp³-hybridized carbons (Fsp3) is 1.00. The Hall–Kier alpha value is -0.200. The Labute approximate surface area is 70.8 Å². The molecule has 0 radical (unpaired) electrons. The second kappa shape index (κ2) is 3.68. The Balaban J connectivity index is 2.63. The van der Waals surface area contributed by atoms with E-state index in [1.54, 1.807) is 6.92 Å². The van der Waals surface area contributed by atoms with Crippen LogP contribution in [0.25, 0.3) is 0 Å². The van der Waals surface area contributed by atoms with Crippen LogP contribution in [0.3, 0.4) is 0 Å². The third-order valence-electron chi connectivity index (χ3n) is 2.22. The van der Waals surface area contributed by atoms with Gasteiger partial charge >= 0.3 is 0 Å². The SMILES string of the molecule is C[C@@H]1OC(CO)[C@@H](O)[C@H](N)C1O. The third kappa shape index (κ3) is 1.60. The van der Waals surface area contributed by atoms with Crippen LogP contribution >= 0.6 is 0 Å². The van der Waals surface area contributed by atoms with Crippen molar-refractivity contribution < 1.29 is 20.1 Å². The number of hydrogen-bond acceptors (Lipinski definition) is 5. The molecular weight excluding hydrogens is 162 g/mol. The molecular formula is C7H15NO4. The van der Waals surface area contributed by atoms with Crippen molar-refractivity contribution in [3.63, 3.8) is 0 Å². The van der Waals surface area contributed by atoms with Crippen molar-refractivity contribution >= 4 is 0 Å². The normalized spacial score (nSPS) is 49.2. The van der Waals surface area contributed by atoms with E-state index in [9.17, 15) is 10.2 Å². The topological polar surface area (TPSA) is 95.9 Å². The van der Waals surface area contributed by atoms with Gasteiger partial charge in [-0.1, -0.05) is 0 Å². The van der Waals surface area contributed by atoms with Crippen LogP contribution in [-0.4, -0.2) is 52.4 Å². The summed E-state index contributed by atoms with van der Waals surface area (Å²) in [5.41, 5.74) is 5.49. The van der Waals surface area contributed by atoms with Gasteiger partial charge < -0.3 is 25.8 Å². The molecule has 5 nitrogen and oxygen atoms in total. The monoisotopic (exact) mass is 177 g/mol. The average Bonchev–Trinajstić information content (AvgIpc) is 2.08. The summed E-state index contributed by atoms with van der Waals surface area (Å²) in [5, 5.41) is 27.5. The van der Waals surface area contributed by atoms with Gasteiger partial charge in [0.15, 0.2) is 0 Å². The summed E-state index contributed by atoms with van der Waals surface area (Å²) in [5.74, 6) is 0. The maximum Gasteiger partial charge on any atom is 0.108 e. The highest BCUT2D eigenvalue weighted by atomic mass is 16.5. The van der Waals surface area contributed by atoms with E-state index >= 15 is 0 Å². The predicted molar refractivity (Wildman–Crippen MR) is 41.4 cm³/mol. The van der Waals surface area contributed by atoms with E-state index in [2.05, 4.69) is 0 Å². The zero-order valence-corrected chi connectivity index (χ0v) is 6.92. The highest BCUT2D eigenvalue weighted by molar-refractivity contribution is 4.92. The van der Waals surface area contributed by atoms with Gasteiger partial charge in [-0.2, -0.15) is 0 Å². The minimum Gasteiger partial charge on any atom is -0.394 e. The molecule has 1 saturated heterocycles. The maximum absolute atomic E-state index is 9.36. The minimum absolute atomic E-state index is 0.286. The molecule has 0 amide bonds. The molecule has 5 atom stereocenters. The van der Waals surface area contributed by atoms with Gasteiger partial charge in [-0.25, -0.2) is 0 Å². The van der Waals surface area contributed by atoms with Gasteiger partial charge in [0, 0.05) is 0 Å². The smallest absolute Gasteiger partial charge is 0.108 e. The maximum atomic E-state index is 9.36. The van der Waals surface area contributed by atoms with Crippen molar-refractivity contribution in [3.05, 3.63) is 0 Å². The number of aliphatic hydroxyl groups is 3. The first-order chi connectivity index (χ1) is 5.57. The average molecular weight is 177 g/mol. The lowest BCUT2D eigenvalue weighted by molar-refractivity contribution is -0.182. The molecule has 0 saturated carbocycles. The summed E-state index contributed by atoms with van der Waals surface area (Å²) >= 11 is 0. The van der Waals surface area contributed by atoms with Crippen LogP contribution in [0.5, 0.6) is 0 Å². The van der Waals surface area contributed by atoms with E-state index in [0.717, 1.165) is 0 Å². The van der Waals surface area contributed by atoms with Crippen molar-refractivity contribution in [2.24, 2.45) is 5.73 Å². The van der Waals surface area contributed by atoms with Gasteiger partial charge in [-0.3, -0.25) is 0 Å². The first-order valence-electron chi connectivity index (χ1n) is 3.96. The number of ether oxygens (including phenoxy) is 1. The van der Waals surface area contributed by atoms with E-state index in [1.807, 2.05) is 0 Å². The van der Waals surface area contributed by atoms with Gasteiger partial charge in [-0.05, 0) is 6.92 Å². The molecule has 1 fully saturated rings. The molecule has 2 unspecified atom stereocenters. The zero-order chi connectivity index (χ0) is 9.30. The quantitative estimate of drug-likeness (QED) is 0.365. The summed E-state index contributed by atoms with van der Waals surface area (Å²) in [6.45, 7) is 1.37. The molecule has 72 valence electrons. The van der Waals surface area contributed by atoms with Gasteiger partial charge in [0.1, 0.15) is 12.2 Å².